The Morgan fingerprint density at radius 2 is 2.11 bits per heavy atom. The zero-order valence-corrected chi connectivity index (χ0v) is 10.3. The van der Waals surface area contributed by atoms with Gasteiger partial charge in [-0.2, -0.15) is 13.2 Å². The van der Waals surface area contributed by atoms with E-state index in [1.807, 2.05) is 0 Å². The second kappa shape index (κ2) is 4.20. The number of benzene rings is 1. The van der Waals surface area contributed by atoms with Gasteiger partial charge in [0.05, 0.1) is 11.4 Å². The number of aliphatic hydroxyl groups is 1. The van der Waals surface area contributed by atoms with Crippen molar-refractivity contribution in [1.82, 2.24) is 0 Å². The van der Waals surface area contributed by atoms with Crippen LogP contribution in [-0.4, -0.2) is 30.6 Å². The Hall–Kier alpha value is -1.14. The molecular formula is C11H12ClF3N2O. The highest BCUT2D eigenvalue weighted by molar-refractivity contribution is 6.31. The minimum Gasteiger partial charge on any atom is -0.386 e. The summed E-state index contributed by atoms with van der Waals surface area (Å²) in [5.74, 6) is 0. The first-order valence-corrected chi connectivity index (χ1v) is 5.71. The Kier molecular flexibility index (Phi) is 3.11. The van der Waals surface area contributed by atoms with E-state index >= 15 is 0 Å². The first kappa shape index (κ1) is 13.3. The summed E-state index contributed by atoms with van der Waals surface area (Å²) in [6, 6.07) is 4.48. The predicted octanol–water partition coefficient (Wildman–Crippen LogP) is 2.84. The van der Waals surface area contributed by atoms with Gasteiger partial charge in [-0.25, -0.2) is 0 Å². The maximum Gasteiger partial charge on any atom is 0.436 e. The lowest BCUT2D eigenvalue weighted by Crippen LogP contribution is -2.68. The molecule has 2 rings (SSSR count). The van der Waals surface area contributed by atoms with Gasteiger partial charge in [-0.15, -0.1) is 0 Å². The molecule has 1 aliphatic rings. The molecule has 1 aliphatic heterocycles. The van der Waals surface area contributed by atoms with Gasteiger partial charge in [0, 0.05) is 25.0 Å². The summed E-state index contributed by atoms with van der Waals surface area (Å²) in [7, 11) is 1.58. The summed E-state index contributed by atoms with van der Waals surface area (Å²) in [6.45, 7) is 0.145. The predicted molar refractivity (Wildman–Crippen MR) is 64.0 cm³/mol. The Balaban J connectivity index is 2.39. The Labute approximate surface area is 107 Å². The lowest BCUT2D eigenvalue weighted by molar-refractivity contribution is -0.279. The second-order valence-corrected chi connectivity index (χ2v) is 4.56. The normalized spacial score (nSPS) is 23.8. The molecule has 0 saturated carbocycles. The van der Waals surface area contributed by atoms with Crippen molar-refractivity contribution in [2.24, 2.45) is 0 Å². The zero-order chi connectivity index (χ0) is 13.6. The fraction of sp³-hybridized carbons (Fsp3) is 0.455. The van der Waals surface area contributed by atoms with E-state index in [0.29, 0.717) is 10.7 Å². The molecule has 0 aliphatic carbocycles. The van der Waals surface area contributed by atoms with Crippen LogP contribution in [0.25, 0.3) is 0 Å². The van der Waals surface area contributed by atoms with E-state index in [-0.39, 0.29) is 18.7 Å². The van der Waals surface area contributed by atoms with Gasteiger partial charge in [-0.3, -0.25) is 0 Å². The van der Waals surface area contributed by atoms with Crippen molar-refractivity contribution in [3.63, 3.8) is 0 Å². The summed E-state index contributed by atoms with van der Waals surface area (Å²) in [6.07, 6.45) is -5.02. The molecular weight excluding hydrogens is 269 g/mol. The highest BCUT2D eigenvalue weighted by Gasteiger charge is 2.63. The molecule has 18 heavy (non-hydrogen) atoms. The summed E-state index contributed by atoms with van der Waals surface area (Å²) in [5, 5.41) is 12.9. The van der Waals surface area contributed by atoms with Crippen LogP contribution in [0.5, 0.6) is 0 Å². The van der Waals surface area contributed by atoms with E-state index in [0.717, 1.165) is 4.90 Å². The van der Waals surface area contributed by atoms with Crippen molar-refractivity contribution in [2.45, 2.75) is 18.3 Å². The summed E-state index contributed by atoms with van der Waals surface area (Å²) < 4.78 is 38.4. The van der Waals surface area contributed by atoms with Crippen LogP contribution in [0.1, 0.15) is 6.42 Å². The van der Waals surface area contributed by atoms with Crippen LogP contribution >= 0.6 is 11.6 Å². The fourth-order valence-electron chi connectivity index (χ4n) is 1.99. The number of hydrogen-bond acceptors (Lipinski definition) is 3. The molecule has 0 aromatic heterocycles. The van der Waals surface area contributed by atoms with Crippen LogP contribution in [0, 0.1) is 0 Å². The molecule has 0 bridgehead atoms. The molecule has 1 unspecified atom stereocenters. The van der Waals surface area contributed by atoms with Crippen LogP contribution in [0.2, 0.25) is 5.02 Å². The highest BCUT2D eigenvalue weighted by atomic mass is 35.5. The highest BCUT2D eigenvalue weighted by Crippen LogP contribution is 2.47. The second-order valence-electron chi connectivity index (χ2n) is 4.13. The van der Waals surface area contributed by atoms with E-state index < -0.39 is 11.9 Å². The zero-order valence-electron chi connectivity index (χ0n) is 9.55. The molecule has 1 aromatic rings. The average molecular weight is 281 g/mol. The topological polar surface area (TPSA) is 35.5 Å². The monoisotopic (exact) mass is 280 g/mol. The van der Waals surface area contributed by atoms with Crippen molar-refractivity contribution in [3.05, 3.63) is 23.2 Å². The molecule has 0 radical (unpaired) electrons. The first-order valence-electron chi connectivity index (χ1n) is 5.33. The number of hydrogen-bond donors (Lipinski definition) is 2. The fourth-order valence-corrected chi connectivity index (χ4v) is 2.17. The van der Waals surface area contributed by atoms with Gasteiger partial charge in [0.25, 0.3) is 0 Å². The van der Waals surface area contributed by atoms with Gasteiger partial charge in [-0.1, -0.05) is 11.6 Å². The van der Waals surface area contributed by atoms with E-state index in [4.69, 9.17) is 11.6 Å². The molecule has 1 atom stereocenters. The standard InChI is InChI=1S/C11H12ClF3N2O/c1-16-8-6-7(12)2-3-9(8)17-5-4-10(17,18)11(13,14)15/h2-3,6,16,18H,4-5H2,1H3. The lowest BCUT2D eigenvalue weighted by Gasteiger charge is -2.51. The van der Waals surface area contributed by atoms with Crippen molar-refractivity contribution in [1.29, 1.82) is 0 Å². The number of rotatable bonds is 2. The average Bonchev–Trinajstić information content (AvgIpc) is 2.27. The third-order valence-electron chi connectivity index (χ3n) is 3.10. The van der Waals surface area contributed by atoms with Gasteiger partial charge in [-0.05, 0) is 18.2 Å². The number of alkyl halides is 3. The summed E-state index contributed by atoms with van der Waals surface area (Å²) in [4.78, 5) is 0.926. The van der Waals surface area contributed by atoms with Crippen molar-refractivity contribution < 1.29 is 18.3 Å². The minimum atomic E-state index is -4.68. The molecule has 1 aromatic carbocycles. The van der Waals surface area contributed by atoms with Crippen LogP contribution in [0.15, 0.2) is 18.2 Å². The smallest absolute Gasteiger partial charge is 0.386 e. The Bertz CT molecular complexity index is 466. The van der Waals surface area contributed by atoms with Gasteiger partial charge < -0.3 is 15.3 Å². The molecule has 0 amide bonds. The number of anilines is 2. The van der Waals surface area contributed by atoms with Crippen molar-refractivity contribution >= 4 is 23.0 Å². The molecule has 1 fully saturated rings. The molecule has 0 spiro atoms. The van der Waals surface area contributed by atoms with Crippen LogP contribution < -0.4 is 10.2 Å². The number of nitrogens with one attached hydrogen (secondary N) is 1. The lowest BCUT2D eigenvalue weighted by atomic mass is 9.95. The maximum absolute atomic E-state index is 12.8. The maximum atomic E-state index is 12.8. The molecule has 1 saturated heterocycles. The third kappa shape index (κ3) is 1.89. The minimum absolute atomic E-state index is 0.145. The third-order valence-corrected chi connectivity index (χ3v) is 3.34. The van der Waals surface area contributed by atoms with E-state index in [9.17, 15) is 18.3 Å². The summed E-state index contributed by atoms with van der Waals surface area (Å²) in [5.41, 5.74) is -2.05. The van der Waals surface area contributed by atoms with E-state index in [2.05, 4.69) is 5.32 Å². The van der Waals surface area contributed by atoms with Crippen LogP contribution in [0.3, 0.4) is 0 Å². The SMILES string of the molecule is CNc1cc(Cl)ccc1N1CCC1(O)C(F)(F)F. The first-order chi connectivity index (χ1) is 8.29. The van der Waals surface area contributed by atoms with Crippen molar-refractivity contribution in [3.8, 4) is 0 Å². The van der Waals surface area contributed by atoms with Gasteiger partial charge in [0.2, 0.25) is 5.72 Å². The number of halogens is 4. The van der Waals surface area contributed by atoms with Crippen LogP contribution in [0.4, 0.5) is 24.5 Å². The molecule has 1 heterocycles. The largest absolute Gasteiger partial charge is 0.436 e. The van der Waals surface area contributed by atoms with E-state index in [1.165, 1.54) is 18.2 Å². The number of nitrogens with zero attached hydrogens (tertiary/aromatic N) is 1. The Morgan fingerprint density at radius 1 is 1.44 bits per heavy atom. The quantitative estimate of drug-likeness (QED) is 0.874. The molecule has 7 heteroatoms. The summed E-state index contributed by atoms with van der Waals surface area (Å²) >= 11 is 5.78. The van der Waals surface area contributed by atoms with E-state index in [1.54, 1.807) is 7.05 Å². The van der Waals surface area contributed by atoms with Gasteiger partial charge in [0.1, 0.15) is 0 Å². The van der Waals surface area contributed by atoms with Gasteiger partial charge >= 0.3 is 6.18 Å². The Morgan fingerprint density at radius 3 is 2.56 bits per heavy atom. The molecule has 3 nitrogen and oxygen atoms in total. The molecule has 100 valence electrons. The van der Waals surface area contributed by atoms with Crippen molar-refractivity contribution in [2.75, 3.05) is 23.8 Å². The van der Waals surface area contributed by atoms with Crippen LogP contribution in [-0.2, 0) is 0 Å². The molecule has 2 N–H and O–H groups in total. The van der Waals surface area contributed by atoms with Gasteiger partial charge in [0.15, 0.2) is 0 Å².